The zero-order chi connectivity index (χ0) is 10.7. The monoisotopic (exact) mass is 191 g/mol. The van der Waals surface area contributed by atoms with Crippen LogP contribution in [0.2, 0.25) is 0 Å². The summed E-state index contributed by atoms with van der Waals surface area (Å²) in [5, 5.41) is 8.54. The van der Waals surface area contributed by atoms with E-state index in [1.807, 2.05) is 0 Å². The van der Waals surface area contributed by atoms with Crippen molar-refractivity contribution in [1.82, 2.24) is 0 Å². The Labute approximate surface area is 80.7 Å². The van der Waals surface area contributed by atoms with E-state index >= 15 is 0 Å². The molecule has 1 rings (SSSR count). The van der Waals surface area contributed by atoms with Gasteiger partial charge in [-0.1, -0.05) is 18.7 Å². The number of carboxylic acid groups (broad SMARTS) is 1. The highest BCUT2D eigenvalue weighted by Crippen LogP contribution is 2.14. The van der Waals surface area contributed by atoms with Crippen LogP contribution in [0.4, 0.5) is 5.69 Å². The van der Waals surface area contributed by atoms with Crippen LogP contribution >= 0.6 is 0 Å². The van der Waals surface area contributed by atoms with Crippen LogP contribution in [0.25, 0.3) is 0 Å². The zero-order valence-electron chi connectivity index (χ0n) is 7.36. The minimum Gasteiger partial charge on any atom is -0.478 e. The third-order valence-electron chi connectivity index (χ3n) is 1.74. The lowest BCUT2D eigenvalue weighted by Gasteiger charge is -2.03. The Balaban J connectivity index is 3.08. The second-order valence-corrected chi connectivity index (χ2v) is 2.70. The minimum absolute atomic E-state index is 0.167. The molecule has 0 amide bonds. The van der Waals surface area contributed by atoms with Crippen molar-refractivity contribution in [2.24, 2.45) is 0 Å². The Bertz CT molecular complexity index is 410. The van der Waals surface area contributed by atoms with Crippen molar-refractivity contribution in [2.75, 3.05) is 5.73 Å². The number of nitrogens with two attached hydrogens (primary N) is 1. The number of Topliss-reactive ketones (excluding diaryl/α,β-unsaturated/α-hetero) is 1. The molecule has 1 aromatic rings. The maximum Gasteiger partial charge on any atom is 0.339 e. The third kappa shape index (κ3) is 1.80. The molecule has 4 heteroatoms. The highest BCUT2D eigenvalue weighted by atomic mass is 16.4. The number of nitrogen functional groups attached to an aromatic ring is 1. The molecule has 0 bridgehead atoms. The molecule has 72 valence electrons. The van der Waals surface area contributed by atoms with E-state index in [9.17, 15) is 9.59 Å². The Morgan fingerprint density at radius 2 is 1.86 bits per heavy atom. The molecule has 0 saturated heterocycles. The van der Waals surface area contributed by atoms with Gasteiger partial charge in [0.1, 0.15) is 5.57 Å². The van der Waals surface area contributed by atoms with E-state index in [2.05, 4.69) is 6.58 Å². The molecule has 4 nitrogen and oxygen atoms in total. The van der Waals surface area contributed by atoms with Gasteiger partial charge in [-0.05, 0) is 12.1 Å². The molecule has 0 heterocycles. The van der Waals surface area contributed by atoms with E-state index in [1.165, 1.54) is 12.1 Å². The predicted molar refractivity (Wildman–Crippen MR) is 52.0 cm³/mol. The summed E-state index contributed by atoms with van der Waals surface area (Å²) >= 11 is 0. The molecule has 3 N–H and O–H groups in total. The first-order valence-corrected chi connectivity index (χ1v) is 3.85. The molecule has 0 aliphatic heterocycles. The SMILES string of the molecule is C=C(C(=O)O)C(=O)c1ccccc1N. The smallest absolute Gasteiger partial charge is 0.339 e. The predicted octanol–water partition coefficient (Wildman–Crippen LogP) is 1.09. The number of carboxylic acids is 1. The number of rotatable bonds is 3. The first-order chi connectivity index (χ1) is 6.54. The van der Waals surface area contributed by atoms with Crippen molar-refractivity contribution in [3.8, 4) is 0 Å². The fourth-order valence-electron chi connectivity index (χ4n) is 0.963. The lowest BCUT2D eigenvalue weighted by atomic mass is 10.0. The highest BCUT2D eigenvalue weighted by Gasteiger charge is 2.17. The van der Waals surface area contributed by atoms with Crippen LogP contribution in [0.5, 0.6) is 0 Å². The van der Waals surface area contributed by atoms with Gasteiger partial charge >= 0.3 is 5.97 Å². The zero-order valence-corrected chi connectivity index (χ0v) is 7.36. The number of benzene rings is 1. The van der Waals surface area contributed by atoms with Crippen molar-refractivity contribution in [3.63, 3.8) is 0 Å². The molecular formula is C10H9NO3. The minimum atomic E-state index is -1.33. The van der Waals surface area contributed by atoms with Gasteiger partial charge in [-0.15, -0.1) is 0 Å². The van der Waals surface area contributed by atoms with E-state index in [1.54, 1.807) is 12.1 Å². The molecule has 0 unspecified atom stereocenters. The van der Waals surface area contributed by atoms with Gasteiger partial charge in [0.05, 0.1) is 0 Å². The number of carbonyl (C=O) groups excluding carboxylic acids is 1. The van der Waals surface area contributed by atoms with Crippen molar-refractivity contribution in [1.29, 1.82) is 0 Å². The van der Waals surface area contributed by atoms with Crippen LogP contribution in [0.15, 0.2) is 36.4 Å². The summed E-state index contributed by atoms with van der Waals surface area (Å²) in [6, 6.07) is 6.27. The van der Waals surface area contributed by atoms with Gasteiger partial charge in [0.25, 0.3) is 0 Å². The van der Waals surface area contributed by atoms with Gasteiger partial charge in [-0.2, -0.15) is 0 Å². The normalized spacial score (nSPS) is 9.43. The average molecular weight is 191 g/mol. The summed E-state index contributed by atoms with van der Waals surface area (Å²) in [4.78, 5) is 21.9. The Hall–Kier alpha value is -2.10. The van der Waals surface area contributed by atoms with Gasteiger partial charge in [-0.3, -0.25) is 4.79 Å². The third-order valence-corrected chi connectivity index (χ3v) is 1.74. The second kappa shape index (κ2) is 3.74. The average Bonchev–Trinajstić information content (AvgIpc) is 2.16. The molecule has 0 aliphatic carbocycles. The van der Waals surface area contributed by atoms with Gasteiger partial charge < -0.3 is 10.8 Å². The van der Waals surface area contributed by atoms with Crippen LogP contribution in [0.3, 0.4) is 0 Å². The first-order valence-electron chi connectivity index (χ1n) is 3.85. The molecule has 0 spiro atoms. The van der Waals surface area contributed by atoms with E-state index in [-0.39, 0.29) is 11.3 Å². The molecule has 0 aromatic heterocycles. The summed E-state index contributed by atoms with van der Waals surface area (Å²) in [6.45, 7) is 3.17. The van der Waals surface area contributed by atoms with Gasteiger partial charge in [0, 0.05) is 11.3 Å². The van der Waals surface area contributed by atoms with Crippen LogP contribution in [0.1, 0.15) is 10.4 Å². The van der Waals surface area contributed by atoms with Gasteiger partial charge in [0.15, 0.2) is 0 Å². The molecular weight excluding hydrogens is 182 g/mol. The van der Waals surface area contributed by atoms with Crippen molar-refractivity contribution in [2.45, 2.75) is 0 Å². The standard InChI is InChI=1S/C10H9NO3/c1-6(10(13)14)9(12)7-4-2-3-5-8(7)11/h2-5H,1,11H2,(H,13,14). The number of para-hydroxylation sites is 1. The fraction of sp³-hybridized carbons (Fsp3) is 0. The molecule has 1 aromatic carbocycles. The maximum atomic E-state index is 11.4. The number of aliphatic carboxylic acids is 1. The Kier molecular flexibility index (Phi) is 2.67. The van der Waals surface area contributed by atoms with E-state index in [0.29, 0.717) is 0 Å². The van der Waals surface area contributed by atoms with Crippen LogP contribution < -0.4 is 5.73 Å². The summed E-state index contributed by atoms with van der Waals surface area (Å²) in [5.41, 5.74) is 5.44. The summed E-state index contributed by atoms with van der Waals surface area (Å²) in [7, 11) is 0. The van der Waals surface area contributed by atoms with Crippen molar-refractivity contribution < 1.29 is 14.7 Å². The summed E-state index contributed by atoms with van der Waals surface area (Å²) < 4.78 is 0. The molecule has 0 saturated carbocycles. The first kappa shape index (κ1) is 9.98. The maximum absolute atomic E-state index is 11.4. The van der Waals surface area contributed by atoms with E-state index in [4.69, 9.17) is 10.8 Å². The van der Waals surface area contributed by atoms with E-state index in [0.717, 1.165) is 0 Å². The lowest BCUT2D eigenvalue weighted by molar-refractivity contribution is -0.132. The van der Waals surface area contributed by atoms with Crippen molar-refractivity contribution >= 4 is 17.4 Å². The molecule has 0 fully saturated rings. The van der Waals surface area contributed by atoms with Gasteiger partial charge in [-0.25, -0.2) is 4.79 Å². The number of anilines is 1. The number of hydrogen-bond acceptors (Lipinski definition) is 3. The molecule has 0 radical (unpaired) electrons. The molecule has 14 heavy (non-hydrogen) atoms. The lowest BCUT2D eigenvalue weighted by Crippen LogP contribution is -2.12. The second-order valence-electron chi connectivity index (χ2n) is 2.70. The largest absolute Gasteiger partial charge is 0.478 e. The molecule has 0 atom stereocenters. The van der Waals surface area contributed by atoms with E-state index < -0.39 is 17.3 Å². The number of hydrogen-bond donors (Lipinski definition) is 2. The van der Waals surface area contributed by atoms with Crippen LogP contribution in [-0.2, 0) is 4.79 Å². The van der Waals surface area contributed by atoms with Crippen LogP contribution in [0, 0.1) is 0 Å². The highest BCUT2D eigenvalue weighted by molar-refractivity contribution is 6.24. The number of carbonyl (C=O) groups is 2. The summed E-state index contributed by atoms with van der Waals surface area (Å²) in [5.74, 6) is -1.99. The van der Waals surface area contributed by atoms with Gasteiger partial charge in [0.2, 0.25) is 5.78 Å². The summed E-state index contributed by atoms with van der Waals surface area (Å²) in [6.07, 6.45) is 0. The number of ketones is 1. The Morgan fingerprint density at radius 3 is 2.36 bits per heavy atom. The topological polar surface area (TPSA) is 80.4 Å². The molecule has 0 aliphatic rings. The van der Waals surface area contributed by atoms with Crippen molar-refractivity contribution in [3.05, 3.63) is 42.0 Å². The van der Waals surface area contributed by atoms with Crippen LogP contribution in [-0.4, -0.2) is 16.9 Å². The Morgan fingerprint density at radius 1 is 1.29 bits per heavy atom. The fourth-order valence-corrected chi connectivity index (χ4v) is 0.963. The quantitative estimate of drug-likeness (QED) is 0.246.